The minimum absolute atomic E-state index is 0.0476. The molecule has 2 heterocycles. The molecule has 25 heavy (non-hydrogen) atoms. The second kappa shape index (κ2) is 8.72. The summed E-state index contributed by atoms with van der Waals surface area (Å²) in [7, 11) is 0. The van der Waals surface area contributed by atoms with Crippen LogP contribution in [-0.2, 0) is 25.5 Å². The first kappa shape index (κ1) is 19.1. The van der Waals surface area contributed by atoms with E-state index in [1.54, 1.807) is 18.4 Å². The number of nitrogens with zero attached hydrogens (tertiary/aromatic N) is 1. The van der Waals surface area contributed by atoms with E-state index in [1.807, 2.05) is 13.8 Å². The number of hydrogen-bond acceptors (Lipinski definition) is 8. The van der Waals surface area contributed by atoms with Crippen LogP contribution in [0.2, 0.25) is 0 Å². The molecule has 0 bridgehead atoms. The van der Waals surface area contributed by atoms with Crippen molar-refractivity contribution < 1.29 is 23.9 Å². The molecule has 2 rings (SSSR count). The number of anilines is 1. The van der Waals surface area contributed by atoms with Crippen molar-refractivity contribution in [2.24, 2.45) is 0 Å². The van der Waals surface area contributed by atoms with Crippen molar-refractivity contribution in [2.75, 3.05) is 18.5 Å². The Morgan fingerprint density at radius 3 is 2.64 bits per heavy atom. The fourth-order valence-corrected chi connectivity index (χ4v) is 3.64. The van der Waals surface area contributed by atoms with E-state index in [2.05, 4.69) is 10.3 Å². The van der Waals surface area contributed by atoms with Crippen molar-refractivity contribution in [3.05, 3.63) is 32.5 Å². The first-order valence-electron chi connectivity index (χ1n) is 7.53. The maximum atomic E-state index is 12.0. The lowest BCUT2D eigenvalue weighted by Gasteiger charge is -2.04. The van der Waals surface area contributed by atoms with Gasteiger partial charge in [0.05, 0.1) is 24.3 Å². The average Bonchev–Trinajstić information content (AvgIpc) is 3.11. The predicted molar refractivity (Wildman–Crippen MR) is 95.2 cm³/mol. The Bertz CT molecular complexity index is 781. The molecule has 0 spiro atoms. The van der Waals surface area contributed by atoms with Crippen molar-refractivity contribution in [2.45, 2.75) is 27.2 Å². The number of esters is 2. The van der Waals surface area contributed by atoms with Gasteiger partial charge >= 0.3 is 11.9 Å². The Balaban J connectivity index is 1.82. The molecule has 0 saturated heterocycles. The van der Waals surface area contributed by atoms with Gasteiger partial charge in [0.15, 0.2) is 11.7 Å². The van der Waals surface area contributed by atoms with Gasteiger partial charge in [-0.15, -0.1) is 22.7 Å². The summed E-state index contributed by atoms with van der Waals surface area (Å²) in [5.74, 6) is -1.39. The fourth-order valence-electron chi connectivity index (χ4n) is 2.00. The summed E-state index contributed by atoms with van der Waals surface area (Å²) >= 11 is 2.68. The predicted octanol–water partition coefficient (Wildman–Crippen LogP) is 2.72. The summed E-state index contributed by atoms with van der Waals surface area (Å²) in [6.45, 7) is 5.36. The Labute approximate surface area is 153 Å². The first-order valence-corrected chi connectivity index (χ1v) is 9.22. The second-order valence-corrected chi connectivity index (χ2v) is 7.40. The number of aromatic nitrogens is 1. The third-order valence-electron chi connectivity index (χ3n) is 3.02. The van der Waals surface area contributed by atoms with Gasteiger partial charge in [0.25, 0.3) is 5.91 Å². The van der Waals surface area contributed by atoms with Crippen LogP contribution < -0.4 is 5.32 Å². The van der Waals surface area contributed by atoms with Crippen LogP contribution in [-0.4, -0.2) is 36.0 Å². The molecule has 0 aromatic carbocycles. The van der Waals surface area contributed by atoms with Crippen LogP contribution in [0.4, 0.5) is 5.13 Å². The molecule has 0 atom stereocenters. The van der Waals surface area contributed by atoms with Gasteiger partial charge in [-0.2, -0.15) is 0 Å². The summed E-state index contributed by atoms with van der Waals surface area (Å²) in [6, 6.07) is 1.74. The molecule has 0 saturated carbocycles. The summed E-state index contributed by atoms with van der Waals surface area (Å²) in [6.07, 6.45) is 0.0476. The molecule has 7 nitrogen and oxygen atoms in total. The molecule has 0 radical (unpaired) electrons. The zero-order valence-corrected chi connectivity index (χ0v) is 15.7. The van der Waals surface area contributed by atoms with E-state index in [-0.39, 0.29) is 12.4 Å². The zero-order valence-electron chi connectivity index (χ0n) is 14.1. The topological polar surface area (TPSA) is 94.6 Å². The van der Waals surface area contributed by atoms with Gasteiger partial charge < -0.3 is 9.47 Å². The molecule has 0 fully saturated rings. The number of carbonyl (C=O) groups is 3. The second-order valence-electron chi connectivity index (χ2n) is 5.08. The van der Waals surface area contributed by atoms with Crippen molar-refractivity contribution in [1.29, 1.82) is 0 Å². The highest BCUT2D eigenvalue weighted by Gasteiger charge is 2.16. The summed E-state index contributed by atoms with van der Waals surface area (Å²) < 4.78 is 9.85. The third kappa shape index (κ3) is 5.64. The van der Waals surface area contributed by atoms with Crippen LogP contribution in [0.3, 0.4) is 0 Å². The molecular weight excluding hydrogens is 364 g/mol. The van der Waals surface area contributed by atoms with Crippen LogP contribution in [0.1, 0.15) is 32.7 Å². The molecule has 1 N–H and O–H groups in total. The highest BCUT2D eigenvalue weighted by atomic mass is 32.1. The number of thiazole rings is 1. The number of rotatable bonds is 7. The third-order valence-corrected chi connectivity index (χ3v) is 4.80. The molecule has 0 aliphatic heterocycles. The Morgan fingerprint density at radius 2 is 2.00 bits per heavy atom. The molecule has 0 unspecified atom stereocenters. The van der Waals surface area contributed by atoms with E-state index in [0.29, 0.717) is 23.0 Å². The molecule has 2 aromatic heterocycles. The number of nitrogens with one attached hydrogen (secondary N) is 1. The quantitative estimate of drug-likeness (QED) is 0.740. The summed E-state index contributed by atoms with van der Waals surface area (Å²) in [4.78, 5) is 41.2. The molecule has 134 valence electrons. The summed E-state index contributed by atoms with van der Waals surface area (Å²) in [5, 5.41) is 4.53. The molecular formula is C16H18N2O5S2. The van der Waals surface area contributed by atoms with Crippen molar-refractivity contribution in [3.63, 3.8) is 0 Å². The smallest absolute Gasteiger partial charge is 0.339 e. The van der Waals surface area contributed by atoms with Gasteiger partial charge in [0, 0.05) is 15.1 Å². The van der Waals surface area contributed by atoms with Gasteiger partial charge in [-0.3, -0.25) is 14.9 Å². The van der Waals surface area contributed by atoms with Crippen LogP contribution in [0, 0.1) is 13.8 Å². The lowest BCUT2D eigenvalue weighted by Crippen LogP contribution is -2.21. The number of amides is 1. The highest BCUT2D eigenvalue weighted by Crippen LogP contribution is 2.21. The van der Waals surface area contributed by atoms with Crippen LogP contribution in [0.15, 0.2) is 11.4 Å². The van der Waals surface area contributed by atoms with Gasteiger partial charge in [-0.25, -0.2) is 9.78 Å². The number of carbonyl (C=O) groups excluding carboxylic acids is 3. The van der Waals surface area contributed by atoms with Crippen LogP contribution in [0.25, 0.3) is 0 Å². The van der Waals surface area contributed by atoms with E-state index in [0.717, 1.165) is 9.75 Å². The molecule has 0 aliphatic carbocycles. The number of thiophene rings is 1. The van der Waals surface area contributed by atoms with Gasteiger partial charge in [-0.05, 0) is 26.8 Å². The maximum Gasteiger partial charge on any atom is 0.339 e. The van der Waals surface area contributed by atoms with E-state index in [9.17, 15) is 14.4 Å². The molecule has 9 heteroatoms. The van der Waals surface area contributed by atoms with Crippen LogP contribution in [0.5, 0.6) is 0 Å². The van der Waals surface area contributed by atoms with Crippen molar-refractivity contribution >= 4 is 45.7 Å². The van der Waals surface area contributed by atoms with Gasteiger partial charge in [-0.1, -0.05) is 0 Å². The number of ether oxygens (including phenoxy) is 2. The monoisotopic (exact) mass is 382 g/mol. The normalized spacial score (nSPS) is 10.4. The van der Waals surface area contributed by atoms with E-state index in [1.165, 1.54) is 22.7 Å². The first-order chi connectivity index (χ1) is 11.9. The lowest BCUT2D eigenvalue weighted by molar-refractivity contribution is -0.142. The minimum Gasteiger partial charge on any atom is -0.466 e. The Kier molecular flexibility index (Phi) is 6.65. The van der Waals surface area contributed by atoms with Crippen molar-refractivity contribution in [3.8, 4) is 0 Å². The van der Waals surface area contributed by atoms with Gasteiger partial charge in [0.2, 0.25) is 0 Å². The van der Waals surface area contributed by atoms with E-state index >= 15 is 0 Å². The van der Waals surface area contributed by atoms with E-state index < -0.39 is 18.5 Å². The Hall–Kier alpha value is -2.26. The van der Waals surface area contributed by atoms with Crippen molar-refractivity contribution in [1.82, 2.24) is 4.98 Å². The SMILES string of the molecule is CCOC(=O)Cc1csc(NC(=O)COC(=O)c2cc(C)sc2C)n1. The lowest BCUT2D eigenvalue weighted by atomic mass is 10.2. The van der Waals surface area contributed by atoms with E-state index in [4.69, 9.17) is 9.47 Å². The zero-order chi connectivity index (χ0) is 18.4. The maximum absolute atomic E-state index is 12.0. The molecule has 0 aliphatic rings. The minimum atomic E-state index is -0.529. The largest absolute Gasteiger partial charge is 0.466 e. The standard InChI is InChI=1S/C16H18N2O5S2/c1-4-22-14(20)6-11-8-24-16(17-11)18-13(19)7-23-15(21)12-5-9(2)25-10(12)3/h5,8H,4,6-7H2,1-3H3,(H,17,18,19). The summed E-state index contributed by atoms with van der Waals surface area (Å²) in [5.41, 5.74) is 0.987. The number of aryl methyl sites for hydroxylation is 2. The molecule has 1 amide bonds. The Morgan fingerprint density at radius 1 is 1.24 bits per heavy atom. The fraction of sp³-hybridized carbons (Fsp3) is 0.375. The number of hydrogen-bond donors (Lipinski definition) is 1. The average molecular weight is 382 g/mol. The molecule has 2 aromatic rings. The van der Waals surface area contributed by atoms with Gasteiger partial charge in [0.1, 0.15) is 0 Å². The highest BCUT2D eigenvalue weighted by molar-refractivity contribution is 7.14. The van der Waals surface area contributed by atoms with Crippen LogP contribution >= 0.6 is 22.7 Å².